The van der Waals surface area contributed by atoms with E-state index in [0.29, 0.717) is 11.8 Å². The van der Waals surface area contributed by atoms with Crippen LogP contribution in [-0.4, -0.2) is 19.5 Å². The van der Waals surface area contributed by atoms with E-state index in [1.165, 1.54) is 22.3 Å². The van der Waals surface area contributed by atoms with Gasteiger partial charge in [0.05, 0.1) is 16.7 Å². The zero-order valence-electron chi connectivity index (χ0n) is 46.5. The van der Waals surface area contributed by atoms with Crippen molar-refractivity contribution in [3.63, 3.8) is 0 Å². The minimum atomic E-state index is -0.234. The van der Waals surface area contributed by atoms with Gasteiger partial charge in [0.15, 0.2) is 11.4 Å². The maximum Gasteiger partial charge on any atom is 0.238 e. The van der Waals surface area contributed by atoms with Crippen LogP contribution in [0.4, 0.5) is 17.1 Å². The Morgan fingerprint density at radius 3 is 1.68 bits per heavy atom. The van der Waals surface area contributed by atoms with Crippen LogP contribution in [0.1, 0.15) is 43.1 Å². The fourth-order valence-corrected chi connectivity index (χ4v) is 13.1. The predicted molar refractivity (Wildman–Crippen MR) is 347 cm³/mol. The summed E-state index contributed by atoms with van der Waals surface area (Å²) in [5.41, 5.74) is 21.4. The van der Waals surface area contributed by atoms with E-state index in [-0.39, 0.29) is 11.3 Å². The molecule has 398 valence electrons. The van der Waals surface area contributed by atoms with Gasteiger partial charge in [-0.15, -0.1) is 0 Å². The van der Waals surface area contributed by atoms with Crippen molar-refractivity contribution >= 4 is 60.8 Å². The highest BCUT2D eigenvalue weighted by atomic mass is 16.3. The Morgan fingerprint density at radius 1 is 0.417 bits per heavy atom. The zero-order valence-corrected chi connectivity index (χ0v) is 46.5. The summed E-state index contributed by atoms with van der Waals surface area (Å²) in [4.78, 5) is 18.6. The molecule has 0 radical (unpaired) electrons. The molecule has 0 N–H and O–H groups in total. The van der Waals surface area contributed by atoms with Crippen molar-refractivity contribution in [2.45, 2.75) is 31.6 Å². The number of para-hydroxylation sites is 2. The topological polar surface area (TPSA) is 60.0 Å². The average molecular weight is 1080 g/mol. The highest BCUT2D eigenvalue weighted by Gasteiger charge is 2.36. The number of furan rings is 1. The molecule has 16 rings (SSSR count). The molecule has 11 aromatic carbocycles. The lowest BCUT2D eigenvalue weighted by Gasteiger charge is -2.26. The van der Waals surface area contributed by atoms with E-state index in [4.69, 9.17) is 19.4 Å². The summed E-state index contributed by atoms with van der Waals surface area (Å²) in [5.74, 6) is 1.92. The van der Waals surface area contributed by atoms with E-state index < -0.39 is 0 Å². The van der Waals surface area contributed by atoms with Crippen LogP contribution in [-0.2, 0) is 5.41 Å². The van der Waals surface area contributed by atoms with Gasteiger partial charge in [-0.05, 0) is 116 Å². The van der Waals surface area contributed by atoms with E-state index in [0.717, 1.165) is 123 Å². The van der Waals surface area contributed by atoms with Gasteiger partial charge in [0.25, 0.3) is 0 Å². The van der Waals surface area contributed by atoms with Crippen molar-refractivity contribution in [3.8, 4) is 73.0 Å². The van der Waals surface area contributed by atoms with Crippen LogP contribution in [0.3, 0.4) is 0 Å². The van der Waals surface area contributed by atoms with Gasteiger partial charge in [0.2, 0.25) is 5.95 Å². The third kappa shape index (κ3) is 8.20. The first-order valence-electron chi connectivity index (χ1n) is 28.9. The number of fused-ring (bicyclic) bond motifs is 9. The van der Waals surface area contributed by atoms with E-state index in [1.807, 2.05) is 0 Å². The summed E-state index contributed by atoms with van der Waals surface area (Å²) in [6.07, 6.45) is 9.41. The molecule has 6 heteroatoms. The molecular weight excluding hydrogens is 1020 g/mol. The smallest absolute Gasteiger partial charge is 0.238 e. The largest absolute Gasteiger partial charge is 0.453 e. The molecule has 6 nitrogen and oxygen atoms in total. The second-order valence-electron chi connectivity index (χ2n) is 22.7. The van der Waals surface area contributed by atoms with Gasteiger partial charge in [-0.2, -0.15) is 9.97 Å². The zero-order chi connectivity index (χ0) is 55.9. The van der Waals surface area contributed by atoms with Crippen molar-refractivity contribution in [2.75, 3.05) is 4.90 Å². The highest BCUT2D eigenvalue weighted by molar-refractivity contribution is 6.16. The predicted octanol–water partition coefficient (Wildman–Crippen LogP) is 20.6. The summed E-state index contributed by atoms with van der Waals surface area (Å²) in [5, 5.41) is 4.32. The number of aromatic nitrogens is 4. The molecule has 3 aromatic heterocycles. The van der Waals surface area contributed by atoms with Crippen LogP contribution in [0.15, 0.2) is 284 Å². The number of allylic oxidation sites excluding steroid dienone is 4. The number of benzene rings is 11. The number of rotatable bonds is 10. The molecule has 14 aromatic rings. The molecule has 1 unspecified atom stereocenters. The number of hydrogen-bond donors (Lipinski definition) is 0. The summed E-state index contributed by atoms with van der Waals surface area (Å²) >= 11 is 0. The highest BCUT2D eigenvalue weighted by Crippen LogP contribution is 2.52. The maximum atomic E-state index is 7.41. The lowest BCUT2D eigenvalue weighted by atomic mass is 9.82. The van der Waals surface area contributed by atoms with Crippen molar-refractivity contribution < 1.29 is 4.42 Å². The van der Waals surface area contributed by atoms with Gasteiger partial charge < -0.3 is 9.32 Å². The Kier molecular flexibility index (Phi) is 11.6. The van der Waals surface area contributed by atoms with E-state index in [2.05, 4.69) is 302 Å². The first-order chi connectivity index (χ1) is 41.4. The molecule has 1 atom stereocenters. The van der Waals surface area contributed by atoms with Crippen LogP contribution in [0.25, 0.3) is 117 Å². The summed E-state index contributed by atoms with van der Waals surface area (Å²) < 4.78 is 9.71. The summed E-state index contributed by atoms with van der Waals surface area (Å²) in [6, 6.07) is 91.5. The maximum absolute atomic E-state index is 7.41. The molecule has 0 fully saturated rings. The Bertz CT molecular complexity index is 4870. The molecule has 0 saturated heterocycles. The lowest BCUT2D eigenvalue weighted by molar-refractivity contribution is 0.661. The molecule has 2 aliphatic carbocycles. The van der Waals surface area contributed by atoms with Crippen LogP contribution in [0, 0.1) is 0 Å². The molecule has 3 heterocycles. The normalized spacial score (nSPS) is 14.1. The number of anilines is 3. The van der Waals surface area contributed by atoms with Crippen LogP contribution in [0.5, 0.6) is 0 Å². The molecule has 0 spiro atoms. The van der Waals surface area contributed by atoms with E-state index in [1.54, 1.807) is 0 Å². The minimum absolute atomic E-state index is 0.0208. The van der Waals surface area contributed by atoms with Gasteiger partial charge in [-0.25, -0.2) is 4.98 Å². The van der Waals surface area contributed by atoms with E-state index in [9.17, 15) is 0 Å². The minimum Gasteiger partial charge on any atom is -0.453 e. The van der Waals surface area contributed by atoms with Crippen molar-refractivity contribution in [2.24, 2.45) is 0 Å². The van der Waals surface area contributed by atoms with Crippen molar-refractivity contribution in [1.29, 1.82) is 0 Å². The Morgan fingerprint density at radius 2 is 0.988 bits per heavy atom. The fourth-order valence-electron chi connectivity index (χ4n) is 13.1. The van der Waals surface area contributed by atoms with Crippen LogP contribution < -0.4 is 4.90 Å². The van der Waals surface area contributed by atoms with Crippen LogP contribution in [0.2, 0.25) is 0 Å². The van der Waals surface area contributed by atoms with Crippen molar-refractivity contribution in [1.82, 2.24) is 19.5 Å². The van der Waals surface area contributed by atoms with Gasteiger partial charge in [0, 0.05) is 55.4 Å². The third-order valence-electron chi connectivity index (χ3n) is 17.4. The van der Waals surface area contributed by atoms with Gasteiger partial charge in [-0.3, -0.25) is 4.57 Å². The second-order valence-corrected chi connectivity index (χ2v) is 22.7. The quantitative estimate of drug-likeness (QED) is 0.137. The van der Waals surface area contributed by atoms with E-state index >= 15 is 0 Å². The monoisotopic (exact) mass is 1080 g/mol. The Balaban J connectivity index is 0.902. The Labute approximate surface area is 487 Å². The molecule has 0 bridgehead atoms. The van der Waals surface area contributed by atoms with Gasteiger partial charge in [0.1, 0.15) is 11.4 Å². The second kappa shape index (κ2) is 19.8. The molecule has 84 heavy (non-hydrogen) atoms. The SMILES string of the molecule is CC1(C)c2ccccc2-c2cc3c4ccc(-c5cccc6c5oc5c(N(c7cccc(-c8ccccc8)c7)c7cccc(-c8ccccc8)c7)cccc56)cc4n(-c4nc(-c5ccc(-c6ccccc6)cc5)nc(C5C=CC=CC5)n4)c3cc21. The first-order valence-corrected chi connectivity index (χ1v) is 28.9. The molecule has 0 aliphatic heterocycles. The number of nitrogens with zero attached hydrogens (tertiary/aromatic N) is 5. The standard InChI is InChI=1S/C78H55N5O/c1-78(2)68-37-16-15-33-62(68)66-48-67-63-44-43-58(47-71(63)83(72(67)49-69(66)78)77-80-75(54-27-13-6-14-28-54)79-76(81-77)55-41-39-53(40-42-55)50-21-7-3-8-22-50)61-34-19-35-64-65-36-20-38-70(74(65)84-73(61)64)82(59-31-17-29-56(45-59)51-23-9-4-10-24-51)60-32-18-30-57(46-60)52-25-11-5-12-26-52/h3-27,29-49,54H,28H2,1-2H3. The van der Waals surface area contributed by atoms with Gasteiger partial charge >= 0.3 is 0 Å². The molecule has 2 aliphatic rings. The summed E-state index contributed by atoms with van der Waals surface area (Å²) in [6.45, 7) is 4.69. The molecular formula is C78H55N5O. The van der Waals surface area contributed by atoms with Crippen molar-refractivity contribution in [3.05, 3.63) is 296 Å². The van der Waals surface area contributed by atoms with Gasteiger partial charge in [-0.1, -0.05) is 244 Å². The number of hydrogen-bond acceptors (Lipinski definition) is 5. The van der Waals surface area contributed by atoms with Crippen LogP contribution >= 0.6 is 0 Å². The summed E-state index contributed by atoms with van der Waals surface area (Å²) in [7, 11) is 0. The Hall–Kier alpha value is -10.7. The lowest BCUT2D eigenvalue weighted by Crippen LogP contribution is -2.15. The first kappa shape index (κ1) is 49.2. The molecule has 0 amide bonds. The fraction of sp³-hybridized carbons (Fsp3) is 0.0641. The average Bonchev–Trinajstić information content (AvgIpc) is 1.68. The third-order valence-corrected chi connectivity index (χ3v) is 17.4. The molecule has 0 saturated carbocycles.